The van der Waals surface area contributed by atoms with Gasteiger partial charge in [-0.05, 0) is 25.5 Å². The van der Waals surface area contributed by atoms with E-state index in [9.17, 15) is 4.79 Å². The van der Waals surface area contributed by atoms with E-state index in [4.69, 9.17) is 4.98 Å². The van der Waals surface area contributed by atoms with Crippen molar-refractivity contribution in [3.05, 3.63) is 58.7 Å². The first-order chi connectivity index (χ1) is 10.5. The lowest BCUT2D eigenvalue weighted by atomic mass is 9.98. The molecule has 22 heavy (non-hydrogen) atoms. The van der Waals surface area contributed by atoms with E-state index in [1.165, 1.54) is 11.1 Å². The van der Waals surface area contributed by atoms with E-state index < -0.39 is 0 Å². The molecular weight excluding hydrogens is 274 g/mol. The van der Waals surface area contributed by atoms with Crippen molar-refractivity contribution in [2.24, 2.45) is 0 Å². The SMILES string of the molecule is CC(=O)N1CC(c2nc(C)cc(Cc3ccc(C)cc3)n2)C1. The highest BCUT2D eigenvalue weighted by atomic mass is 16.2. The number of likely N-dealkylation sites (tertiary alicyclic amines) is 1. The summed E-state index contributed by atoms with van der Waals surface area (Å²) in [5.41, 5.74) is 4.57. The van der Waals surface area contributed by atoms with Crippen LogP contribution < -0.4 is 0 Å². The highest BCUT2D eigenvalue weighted by Gasteiger charge is 2.32. The van der Waals surface area contributed by atoms with Crippen molar-refractivity contribution >= 4 is 5.91 Å². The number of benzene rings is 1. The maximum atomic E-state index is 11.3. The standard InChI is InChI=1S/C18H21N3O/c1-12-4-6-15(7-5-12)9-17-8-13(2)19-18(20-17)16-10-21(11-16)14(3)22/h4-8,16H,9-11H2,1-3H3. The molecule has 2 aromatic rings. The summed E-state index contributed by atoms with van der Waals surface area (Å²) in [6.07, 6.45) is 0.819. The Bertz CT molecular complexity index is 688. The second kappa shape index (κ2) is 5.87. The van der Waals surface area contributed by atoms with Crippen LogP contribution in [0.5, 0.6) is 0 Å². The van der Waals surface area contributed by atoms with Crippen molar-refractivity contribution in [1.82, 2.24) is 14.9 Å². The molecule has 114 valence electrons. The Balaban J connectivity index is 1.76. The molecule has 2 heterocycles. The van der Waals surface area contributed by atoms with Gasteiger partial charge in [-0.2, -0.15) is 0 Å². The molecule has 1 saturated heterocycles. The molecule has 4 nitrogen and oxygen atoms in total. The second-order valence-electron chi connectivity index (χ2n) is 6.14. The van der Waals surface area contributed by atoms with Crippen molar-refractivity contribution < 1.29 is 4.79 Å². The number of amides is 1. The number of carbonyl (C=O) groups is 1. The number of hydrogen-bond donors (Lipinski definition) is 0. The number of rotatable bonds is 3. The minimum absolute atomic E-state index is 0.129. The number of aromatic nitrogens is 2. The molecule has 1 aliphatic heterocycles. The van der Waals surface area contributed by atoms with Gasteiger partial charge in [-0.1, -0.05) is 29.8 Å². The molecular formula is C18H21N3O. The largest absolute Gasteiger partial charge is 0.341 e. The quantitative estimate of drug-likeness (QED) is 0.874. The molecule has 0 aliphatic carbocycles. The van der Waals surface area contributed by atoms with Gasteiger partial charge in [0.25, 0.3) is 0 Å². The first kappa shape index (κ1) is 14.7. The van der Waals surface area contributed by atoms with Gasteiger partial charge < -0.3 is 4.90 Å². The molecule has 1 amide bonds. The lowest BCUT2D eigenvalue weighted by molar-refractivity contribution is -0.133. The number of nitrogens with zero attached hydrogens (tertiary/aromatic N) is 3. The predicted octanol–water partition coefficient (Wildman–Crippen LogP) is 2.63. The molecule has 0 bridgehead atoms. The number of hydrogen-bond acceptors (Lipinski definition) is 3. The summed E-state index contributed by atoms with van der Waals surface area (Å²) in [6.45, 7) is 7.18. The van der Waals surface area contributed by atoms with Crippen LogP contribution in [0.25, 0.3) is 0 Å². The summed E-state index contributed by atoms with van der Waals surface area (Å²) in [4.78, 5) is 22.4. The van der Waals surface area contributed by atoms with Crippen LogP contribution in [0.1, 0.15) is 41.2 Å². The summed E-state index contributed by atoms with van der Waals surface area (Å²) in [5.74, 6) is 1.28. The Morgan fingerprint density at radius 3 is 2.50 bits per heavy atom. The minimum Gasteiger partial charge on any atom is -0.341 e. The van der Waals surface area contributed by atoms with E-state index in [1.807, 2.05) is 17.9 Å². The third kappa shape index (κ3) is 3.16. The smallest absolute Gasteiger partial charge is 0.219 e. The van der Waals surface area contributed by atoms with Crippen LogP contribution in [-0.4, -0.2) is 33.9 Å². The fourth-order valence-electron chi connectivity index (χ4n) is 2.75. The van der Waals surface area contributed by atoms with Gasteiger partial charge in [-0.3, -0.25) is 4.79 Å². The van der Waals surface area contributed by atoms with Gasteiger partial charge in [-0.25, -0.2) is 9.97 Å². The van der Waals surface area contributed by atoms with E-state index >= 15 is 0 Å². The third-order valence-electron chi connectivity index (χ3n) is 4.12. The van der Waals surface area contributed by atoms with Gasteiger partial charge in [0, 0.05) is 37.8 Å². The zero-order valence-corrected chi connectivity index (χ0v) is 13.3. The molecule has 1 aromatic heterocycles. The average Bonchev–Trinajstić information content (AvgIpc) is 2.38. The first-order valence-electron chi connectivity index (χ1n) is 7.67. The minimum atomic E-state index is 0.129. The van der Waals surface area contributed by atoms with Gasteiger partial charge in [0.1, 0.15) is 5.82 Å². The molecule has 0 unspecified atom stereocenters. The molecule has 3 rings (SSSR count). The predicted molar refractivity (Wildman–Crippen MR) is 85.7 cm³/mol. The Morgan fingerprint density at radius 2 is 1.86 bits per heavy atom. The molecule has 0 radical (unpaired) electrons. The average molecular weight is 295 g/mol. The lowest BCUT2D eigenvalue weighted by Crippen LogP contribution is -2.48. The molecule has 1 aliphatic rings. The van der Waals surface area contributed by atoms with E-state index in [0.717, 1.165) is 36.7 Å². The van der Waals surface area contributed by atoms with Gasteiger partial charge in [-0.15, -0.1) is 0 Å². The van der Waals surface area contributed by atoms with Crippen LogP contribution in [0.3, 0.4) is 0 Å². The van der Waals surface area contributed by atoms with Crippen LogP contribution in [0, 0.1) is 13.8 Å². The monoisotopic (exact) mass is 295 g/mol. The Kier molecular flexibility index (Phi) is 3.92. The highest BCUT2D eigenvalue weighted by molar-refractivity contribution is 5.74. The molecule has 4 heteroatoms. The van der Waals surface area contributed by atoms with Crippen molar-refractivity contribution in [3.8, 4) is 0 Å². The summed E-state index contributed by atoms with van der Waals surface area (Å²) >= 11 is 0. The van der Waals surface area contributed by atoms with Crippen LogP contribution in [0.2, 0.25) is 0 Å². The van der Waals surface area contributed by atoms with E-state index in [2.05, 4.69) is 36.2 Å². The van der Waals surface area contributed by atoms with Gasteiger partial charge in [0.15, 0.2) is 0 Å². The van der Waals surface area contributed by atoms with Crippen LogP contribution in [0.15, 0.2) is 30.3 Å². The van der Waals surface area contributed by atoms with Crippen LogP contribution in [-0.2, 0) is 11.2 Å². The van der Waals surface area contributed by atoms with Crippen molar-refractivity contribution in [3.63, 3.8) is 0 Å². The summed E-state index contributed by atoms with van der Waals surface area (Å²) < 4.78 is 0. The highest BCUT2D eigenvalue weighted by Crippen LogP contribution is 2.25. The van der Waals surface area contributed by atoms with E-state index in [1.54, 1.807) is 6.92 Å². The van der Waals surface area contributed by atoms with Crippen molar-refractivity contribution in [1.29, 1.82) is 0 Å². The maximum Gasteiger partial charge on any atom is 0.219 e. The topological polar surface area (TPSA) is 46.1 Å². The Hall–Kier alpha value is -2.23. The molecule has 0 spiro atoms. The number of aryl methyl sites for hydroxylation is 2. The normalized spacial score (nSPS) is 14.8. The Morgan fingerprint density at radius 1 is 1.18 bits per heavy atom. The number of carbonyl (C=O) groups excluding carboxylic acids is 1. The molecule has 0 atom stereocenters. The Labute approximate surface area is 131 Å². The lowest BCUT2D eigenvalue weighted by Gasteiger charge is -2.37. The zero-order valence-electron chi connectivity index (χ0n) is 13.3. The van der Waals surface area contributed by atoms with Crippen LogP contribution >= 0.6 is 0 Å². The van der Waals surface area contributed by atoms with Gasteiger partial charge >= 0.3 is 0 Å². The first-order valence-corrected chi connectivity index (χ1v) is 7.67. The second-order valence-corrected chi connectivity index (χ2v) is 6.14. The molecule has 1 aromatic carbocycles. The molecule has 1 fully saturated rings. The van der Waals surface area contributed by atoms with Crippen molar-refractivity contribution in [2.45, 2.75) is 33.1 Å². The summed E-state index contributed by atoms with van der Waals surface area (Å²) in [5, 5.41) is 0. The zero-order chi connectivity index (χ0) is 15.7. The summed E-state index contributed by atoms with van der Waals surface area (Å²) in [7, 11) is 0. The summed E-state index contributed by atoms with van der Waals surface area (Å²) in [6, 6.07) is 10.6. The maximum absolute atomic E-state index is 11.3. The van der Waals surface area contributed by atoms with Crippen molar-refractivity contribution in [2.75, 3.05) is 13.1 Å². The van der Waals surface area contributed by atoms with Crippen LogP contribution in [0.4, 0.5) is 0 Å². The van der Waals surface area contributed by atoms with E-state index in [-0.39, 0.29) is 11.8 Å². The molecule has 0 N–H and O–H groups in total. The van der Waals surface area contributed by atoms with E-state index in [0.29, 0.717) is 0 Å². The third-order valence-corrected chi connectivity index (χ3v) is 4.12. The van der Waals surface area contributed by atoms with Gasteiger partial charge in [0.05, 0.1) is 5.92 Å². The van der Waals surface area contributed by atoms with Gasteiger partial charge in [0.2, 0.25) is 5.91 Å². The molecule has 0 saturated carbocycles. The fraction of sp³-hybridized carbons (Fsp3) is 0.389. The fourth-order valence-corrected chi connectivity index (χ4v) is 2.75.